The van der Waals surface area contributed by atoms with Crippen LogP contribution in [0.5, 0.6) is 0 Å². The molecule has 1 aromatic carbocycles. The van der Waals surface area contributed by atoms with Gasteiger partial charge in [0.25, 0.3) is 0 Å². The highest BCUT2D eigenvalue weighted by atomic mass is 127. The molecule has 0 radical (unpaired) electrons. The molecule has 0 amide bonds. The van der Waals surface area contributed by atoms with E-state index in [1.165, 1.54) is 12.1 Å². The van der Waals surface area contributed by atoms with E-state index in [1.807, 2.05) is 4.68 Å². The molecule has 1 atom stereocenters. The average molecular weight is 403 g/mol. The monoisotopic (exact) mass is 403 g/mol. The first kappa shape index (κ1) is 16.3. The van der Waals surface area contributed by atoms with Gasteiger partial charge in [0.1, 0.15) is 18.0 Å². The van der Waals surface area contributed by atoms with E-state index in [1.54, 1.807) is 12.4 Å². The van der Waals surface area contributed by atoms with E-state index < -0.39 is 0 Å². The van der Waals surface area contributed by atoms with E-state index in [9.17, 15) is 4.39 Å². The van der Waals surface area contributed by atoms with Crippen LogP contribution in [-0.2, 0) is 13.0 Å². The fraction of sp³-hybridized carbons (Fsp3) is 0.429. The quantitative estimate of drug-likeness (QED) is 0.442. The Morgan fingerprint density at radius 2 is 2.19 bits per heavy atom. The minimum absolute atomic E-state index is 0.132. The zero-order chi connectivity index (χ0) is 15.4. The summed E-state index contributed by atoms with van der Waals surface area (Å²) in [6, 6.07) is 4.57. The number of hydrogen-bond donors (Lipinski definition) is 2. The lowest BCUT2D eigenvalue weighted by Crippen LogP contribution is -2.31. The number of hydrogen-bond acceptors (Lipinski definition) is 4. The normalized spacial score (nSPS) is 12.9. The Labute approximate surface area is 137 Å². The van der Waals surface area contributed by atoms with Crippen LogP contribution in [0, 0.1) is 15.3 Å². The first-order valence-electron chi connectivity index (χ1n) is 6.79. The lowest BCUT2D eigenvalue weighted by atomic mass is 10.0. The smallest absolute Gasteiger partial charge is 0.138 e. The number of nitrogens with one attached hydrogen (secondary N) is 1. The number of rotatable bonds is 6. The van der Waals surface area contributed by atoms with Gasteiger partial charge in [-0.1, -0.05) is 19.9 Å². The van der Waals surface area contributed by atoms with E-state index in [0.29, 0.717) is 12.3 Å². The number of nitrogens with two attached hydrogens (primary N) is 1. The van der Waals surface area contributed by atoms with E-state index in [0.717, 1.165) is 21.5 Å². The zero-order valence-corrected chi connectivity index (χ0v) is 14.2. The fourth-order valence-corrected chi connectivity index (χ4v) is 3.02. The molecule has 0 spiro atoms. The summed E-state index contributed by atoms with van der Waals surface area (Å²) in [4.78, 5) is 4.31. The van der Waals surface area contributed by atoms with Crippen molar-refractivity contribution in [3.8, 4) is 0 Å². The van der Waals surface area contributed by atoms with Gasteiger partial charge in [-0.05, 0) is 46.2 Å². The van der Waals surface area contributed by atoms with Crippen LogP contribution in [0.2, 0.25) is 0 Å². The molecule has 0 saturated heterocycles. The molecule has 1 aromatic heterocycles. The molecule has 0 saturated carbocycles. The van der Waals surface area contributed by atoms with E-state index in [2.05, 4.69) is 51.9 Å². The third kappa shape index (κ3) is 4.21. The summed E-state index contributed by atoms with van der Waals surface area (Å²) in [6.45, 7) is 5.08. The van der Waals surface area contributed by atoms with Crippen LogP contribution in [0.1, 0.15) is 31.3 Å². The molecule has 114 valence electrons. The second-order valence-corrected chi connectivity index (χ2v) is 6.50. The van der Waals surface area contributed by atoms with Crippen LogP contribution in [0.4, 0.5) is 4.39 Å². The molecule has 2 aromatic rings. The van der Waals surface area contributed by atoms with Crippen LogP contribution < -0.4 is 11.3 Å². The van der Waals surface area contributed by atoms with Crippen molar-refractivity contribution < 1.29 is 4.39 Å². The molecule has 7 heteroatoms. The minimum atomic E-state index is -0.248. The molecule has 0 fully saturated rings. The second-order valence-electron chi connectivity index (χ2n) is 5.34. The number of hydrazine groups is 1. The molecule has 1 unspecified atom stereocenters. The van der Waals surface area contributed by atoms with E-state index in [4.69, 9.17) is 5.84 Å². The van der Waals surface area contributed by atoms with Gasteiger partial charge >= 0.3 is 0 Å². The lowest BCUT2D eigenvalue weighted by Gasteiger charge is -2.18. The van der Waals surface area contributed by atoms with Gasteiger partial charge in [-0.15, -0.1) is 0 Å². The maximum Gasteiger partial charge on any atom is 0.138 e. The Bertz CT molecular complexity index is 599. The third-order valence-corrected chi connectivity index (χ3v) is 4.09. The Balaban J connectivity index is 2.21. The maximum atomic E-state index is 13.2. The lowest BCUT2D eigenvalue weighted by molar-refractivity contribution is 0.446. The van der Waals surface area contributed by atoms with Crippen molar-refractivity contribution in [1.82, 2.24) is 20.2 Å². The molecule has 2 rings (SSSR count). The van der Waals surface area contributed by atoms with Crippen molar-refractivity contribution >= 4 is 22.6 Å². The molecular formula is C14H19FIN5. The Morgan fingerprint density at radius 3 is 2.81 bits per heavy atom. The Hall–Kier alpha value is -1.06. The summed E-state index contributed by atoms with van der Waals surface area (Å²) in [7, 11) is 0. The van der Waals surface area contributed by atoms with Gasteiger partial charge in [0, 0.05) is 16.5 Å². The maximum absolute atomic E-state index is 13.2. The summed E-state index contributed by atoms with van der Waals surface area (Å²) >= 11 is 2.12. The van der Waals surface area contributed by atoms with Crippen molar-refractivity contribution in [2.24, 2.45) is 11.8 Å². The summed E-state index contributed by atoms with van der Waals surface area (Å²) in [5, 5.41) is 4.25. The summed E-state index contributed by atoms with van der Waals surface area (Å²) < 4.78 is 15.9. The molecule has 0 aliphatic carbocycles. The predicted octanol–water partition coefficient (Wildman–Crippen LogP) is 2.42. The molecule has 1 heterocycles. The van der Waals surface area contributed by atoms with Crippen molar-refractivity contribution in [1.29, 1.82) is 0 Å². The number of aromatic nitrogens is 3. The molecule has 21 heavy (non-hydrogen) atoms. The van der Waals surface area contributed by atoms with Crippen molar-refractivity contribution in [3.63, 3.8) is 0 Å². The summed E-state index contributed by atoms with van der Waals surface area (Å²) in [5.74, 6) is 6.78. The van der Waals surface area contributed by atoms with Crippen LogP contribution in [0.3, 0.4) is 0 Å². The minimum Gasteiger partial charge on any atom is -0.271 e. The average Bonchev–Trinajstić information content (AvgIpc) is 2.83. The molecule has 0 aliphatic rings. The molecule has 5 nitrogen and oxygen atoms in total. The van der Waals surface area contributed by atoms with Gasteiger partial charge in [0.05, 0.1) is 6.04 Å². The Kier molecular flexibility index (Phi) is 5.65. The van der Waals surface area contributed by atoms with Gasteiger partial charge in [-0.2, -0.15) is 5.10 Å². The fourth-order valence-electron chi connectivity index (χ4n) is 2.17. The standard InChI is InChI=1S/C14H19FIN5/c1-9(2)7-21-14(18-8-19-21)6-13(20-17)11-4-3-10(15)5-12(11)16/h3-5,8-9,13,20H,6-7,17H2,1-2H3. The molecular weight excluding hydrogens is 384 g/mol. The molecule has 3 N–H and O–H groups in total. The van der Waals surface area contributed by atoms with Gasteiger partial charge in [0.2, 0.25) is 0 Å². The Morgan fingerprint density at radius 1 is 1.43 bits per heavy atom. The molecule has 0 aliphatic heterocycles. The third-order valence-electron chi connectivity index (χ3n) is 3.16. The first-order chi connectivity index (χ1) is 10.0. The number of benzene rings is 1. The largest absolute Gasteiger partial charge is 0.271 e. The van der Waals surface area contributed by atoms with Crippen LogP contribution in [0.25, 0.3) is 0 Å². The number of nitrogens with zero attached hydrogens (tertiary/aromatic N) is 3. The SMILES string of the molecule is CC(C)Cn1ncnc1CC(NN)c1ccc(F)cc1I. The van der Waals surface area contributed by atoms with E-state index in [-0.39, 0.29) is 11.9 Å². The first-order valence-corrected chi connectivity index (χ1v) is 7.87. The highest BCUT2D eigenvalue weighted by Gasteiger charge is 2.17. The summed E-state index contributed by atoms with van der Waals surface area (Å²) in [6.07, 6.45) is 2.16. The highest BCUT2D eigenvalue weighted by molar-refractivity contribution is 14.1. The van der Waals surface area contributed by atoms with Gasteiger partial charge < -0.3 is 0 Å². The summed E-state index contributed by atoms with van der Waals surface area (Å²) in [5.41, 5.74) is 3.75. The van der Waals surface area contributed by atoms with Crippen molar-refractivity contribution in [2.75, 3.05) is 0 Å². The second kappa shape index (κ2) is 7.28. The van der Waals surface area contributed by atoms with Crippen molar-refractivity contribution in [3.05, 3.63) is 45.3 Å². The van der Waals surface area contributed by atoms with Gasteiger partial charge in [0.15, 0.2) is 0 Å². The van der Waals surface area contributed by atoms with E-state index >= 15 is 0 Å². The van der Waals surface area contributed by atoms with Crippen molar-refractivity contribution in [2.45, 2.75) is 32.9 Å². The zero-order valence-electron chi connectivity index (χ0n) is 12.1. The van der Waals surface area contributed by atoms with Crippen LogP contribution in [-0.4, -0.2) is 14.8 Å². The van der Waals surface area contributed by atoms with Crippen LogP contribution >= 0.6 is 22.6 Å². The van der Waals surface area contributed by atoms with Gasteiger partial charge in [-0.25, -0.2) is 14.1 Å². The van der Waals surface area contributed by atoms with Crippen LogP contribution in [0.15, 0.2) is 24.5 Å². The number of halogens is 2. The molecule has 0 bridgehead atoms. The van der Waals surface area contributed by atoms with Gasteiger partial charge in [-0.3, -0.25) is 11.3 Å². The predicted molar refractivity (Wildman–Crippen MR) is 87.7 cm³/mol. The highest BCUT2D eigenvalue weighted by Crippen LogP contribution is 2.23. The topological polar surface area (TPSA) is 68.8 Å².